The summed E-state index contributed by atoms with van der Waals surface area (Å²) in [5.41, 5.74) is 1.43. The highest BCUT2D eigenvalue weighted by Gasteiger charge is 1.96. The zero-order chi connectivity index (χ0) is 8.81. The van der Waals surface area contributed by atoms with Gasteiger partial charge in [0.1, 0.15) is 0 Å². The Morgan fingerprint density at radius 2 is 1.92 bits per heavy atom. The van der Waals surface area contributed by atoms with E-state index in [0.29, 0.717) is 0 Å². The van der Waals surface area contributed by atoms with Crippen LogP contribution in [0.3, 0.4) is 0 Å². The van der Waals surface area contributed by atoms with Gasteiger partial charge in [-0.15, -0.1) is 0 Å². The molecule has 0 amide bonds. The third-order valence-electron chi connectivity index (χ3n) is 1.79. The van der Waals surface area contributed by atoms with Gasteiger partial charge in [-0.05, 0) is 35.3 Å². The standard InChI is InChI=1S/C10H12BrI/c11-10-7-2-1-5-9(10)6-3-4-8-12/h1-2,5,7H,3-4,6,8H2. The molecular formula is C10H12BrI. The van der Waals surface area contributed by atoms with E-state index in [2.05, 4.69) is 62.8 Å². The van der Waals surface area contributed by atoms with Crippen molar-refractivity contribution in [2.24, 2.45) is 0 Å². The van der Waals surface area contributed by atoms with Crippen LogP contribution >= 0.6 is 38.5 Å². The maximum Gasteiger partial charge on any atom is 0.0207 e. The lowest BCUT2D eigenvalue weighted by Crippen LogP contribution is -1.86. The number of hydrogen-bond donors (Lipinski definition) is 0. The summed E-state index contributed by atoms with van der Waals surface area (Å²) in [4.78, 5) is 0. The van der Waals surface area contributed by atoms with Crippen LogP contribution in [0.15, 0.2) is 28.7 Å². The van der Waals surface area contributed by atoms with Crippen molar-refractivity contribution in [1.29, 1.82) is 0 Å². The molecule has 0 fully saturated rings. The quantitative estimate of drug-likeness (QED) is 0.438. The second-order valence-electron chi connectivity index (χ2n) is 2.74. The van der Waals surface area contributed by atoms with E-state index in [4.69, 9.17) is 0 Å². The van der Waals surface area contributed by atoms with E-state index >= 15 is 0 Å². The van der Waals surface area contributed by atoms with Crippen LogP contribution in [-0.2, 0) is 6.42 Å². The van der Waals surface area contributed by atoms with Crippen LogP contribution in [0.25, 0.3) is 0 Å². The van der Waals surface area contributed by atoms with Gasteiger partial charge < -0.3 is 0 Å². The Bertz CT molecular complexity index is 235. The first-order valence-electron chi connectivity index (χ1n) is 4.14. The highest BCUT2D eigenvalue weighted by molar-refractivity contribution is 14.1. The van der Waals surface area contributed by atoms with E-state index in [-0.39, 0.29) is 0 Å². The molecule has 0 nitrogen and oxygen atoms in total. The third kappa shape index (κ3) is 3.44. The van der Waals surface area contributed by atoms with Crippen molar-refractivity contribution in [2.45, 2.75) is 19.3 Å². The third-order valence-corrected chi connectivity index (χ3v) is 3.32. The van der Waals surface area contributed by atoms with Crippen LogP contribution in [0.4, 0.5) is 0 Å². The molecular weight excluding hydrogens is 327 g/mol. The minimum atomic E-state index is 1.20. The first-order chi connectivity index (χ1) is 5.84. The fourth-order valence-corrected chi connectivity index (χ4v) is 2.13. The van der Waals surface area contributed by atoms with Gasteiger partial charge in [-0.3, -0.25) is 0 Å². The number of alkyl halides is 1. The SMILES string of the molecule is Brc1ccccc1CCCCI. The molecule has 1 aromatic carbocycles. The summed E-state index contributed by atoms with van der Waals surface area (Å²) in [6.45, 7) is 0. The van der Waals surface area contributed by atoms with Gasteiger partial charge in [-0.1, -0.05) is 56.7 Å². The maximum absolute atomic E-state index is 3.55. The zero-order valence-electron chi connectivity index (χ0n) is 6.89. The number of rotatable bonds is 4. The first kappa shape index (κ1) is 10.5. The van der Waals surface area contributed by atoms with Crippen molar-refractivity contribution >= 4 is 38.5 Å². The second kappa shape index (κ2) is 5.97. The molecule has 0 spiro atoms. The monoisotopic (exact) mass is 338 g/mol. The van der Waals surface area contributed by atoms with E-state index in [1.165, 1.54) is 33.7 Å². The molecule has 1 rings (SSSR count). The normalized spacial score (nSPS) is 10.2. The van der Waals surface area contributed by atoms with Gasteiger partial charge in [0.15, 0.2) is 0 Å². The van der Waals surface area contributed by atoms with E-state index in [1.54, 1.807) is 0 Å². The Balaban J connectivity index is 2.46. The highest BCUT2D eigenvalue weighted by Crippen LogP contribution is 2.17. The molecule has 0 N–H and O–H groups in total. The van der Waals surface area contributed by atoms with Gasteiger partial charge in [0, 0.05) is 4.47 Å². The van der Waals surface area contributed by atoms with Crippen molar-refractivity contribution < 1.29 is 0 Å². The van der Waals surface area contributed by atoms with Crippen LogP contribution in [-0.4, -0.2) is 4.43 Å². The summed E-state index contributed by atoms with van der Waals surface area (Å²) < 4.78 is 2.51. The Morgan fingerprint density at radius 1 is 1.17 bits per heavy atom. The van der Waals surface area contributed by atoms with Crippen LogP contribution in [0.1, 0.15) is 18.4 Å². The van der Waals surface area contributed by atoms with Gasteiger partial charge in [0.2, 0.25) is 0 Å². The van der Waals surface area contributed by atoms with E-state index < -0.39 is 0 Å². The highest BCUT2D eigenvalue weighted by atomic mass is 127. The van der Waals surface area contributed by atoms with Crippen molar-refractivity contribution in [1.82, 2.24) is 0 Å². The summed E-state index contributed by atoms with van der Waals surface area (Å²) in [5, 5.41) is 0. The number of benzene rings is 1. The number of hydrogen-bond acceptors (Lipinski definition) is 0. The smallest absolute Gasteiger partial charge is 0.0207 e. The topological polar surface area (TPSA) is 0 Å². The van der Waals surface area contributed by atoms with Gasteiger partial charge in [-0.25, -0.2) is 0 Å². The molecule has 0 heterocycles. The van der Waals surface area contributed by atoms with Crippen LogP contribution < -0.4 is 0 Å². The van der Waals surface area contributed by atoms with Crippen LogP contribution in [0.5, 0.6) is 0 Å². The molecule has 0 saturated heterocycles. The summed E-state index contributed by atoms with van der Waals surface area (Å²) >= 11 is 5.97. The van der Waals surface area contributed by atoms with Crippen molar-refractivity contribution in [3.05, 3.63) is 34.3 Å². The van der Waals surface area contributed by atoms with Gasteiger partial charge in [-0.2, -0.15) is 0 Å². The summed E-state index contributed by atoms with van der Waals surface area (Å²) in [6.07, 6.45) is 3.82. The summed E-state index contributed by atoms with van der Waals surface area (Å²) in [5.74, 6) is 0. The van der Waals surface area contributed by atoms with Crippen molar-refractivity contribution in [3.8, 4) is 0 Å². The molecule has 66 valence electrons. The average molecular weight is 339 g/mol. The zero-order valence-corrected chi connectivity index (χ0v) is 10.6. The minimum absolute atomic E-state index is 1.20. The van der Waals surface area contributed by atoms with Crippen LogP contribution in [0.2, 0.25) is 0 Å². The summed E-state index contributed by atoms with van der Waals surface area (Å²) in [6, 6.07) is 8.47. The molecule has 0 aliphatic rings. The predicted octanol–water partition coefficient (Wildman–Crippen LogP) is 4.21. The number of halogens is 2. The van der Waals surface area contributed by atoms with Gasteiger partial charge >= 0.3 is 0 Å². The Morgan fingerprint density at radius 3 is 2.58 bits per heavy atom. The predicted molar refractivity (Wildman–Crippen MR) is 66.0 cm³/mol. The van der Waals surface area contributed by atoms with Crippen LogP contribution in [0, 0.1) is 0 Å². The van der Waals surface area contributed by atoms with E-state index in [9.17, 15) is 0 Å². The molecule has 0 saturated carbocycles. The molecule has 0 bridgehead atoms. The average Bonchev–Trinajstić information content (AvgIpc) is 2.09. The number of aryl methyl sites for hydroxylation is 1. The first-order valence-corrected chi connectivity index (χ1v) is 6.46. The lowest BCUT2D eigenvalue weighted by molar-refractivity contribution is 0.807. The van der Waals surface area contributed by atoms with Crippen molar-refractivity contribution in [2.75, 3.05) is 4.43 Å². The van der Waals surface area contributed by atoms with Crippen molar-refractivity contribution in [3.63, 3.8) is 0 Å². The molecule has 1 aromatic rings. The Hall–Kier alpha value is 0.430. The fourth-order valence-electron chi connectivity index (χ4n) is 1.11. The minimum Gasteiger partial charge on any atom is -0.0864 e. The van der Waals surface area contributed by atoms with Gasteiger partial charge in [0.25, 0.3) is 0 Å². The second-order valence-corrected chi connectivity index (χ2v) is 4.67. The molecule has 0 radical (unpaired) electrons. The maximum atomic E-state index is 3.55. The number of unbranched alkanes of at least 4 members (excludes halogenated alkanes) is 1. The van der Waals surface area contributed by atoms with Gasteiger partial charge in [0.05, 0.1) is 0 Å². The molecule has 12 heavy (non-hydrogen) atoms. The molecule has 0 aliphatic heterocycles. The molecule has 2 heteroatoms. The lowest BCUT2D eigenvalue weighted by atomic mass is 10.1. The van der Waals surface area contributed by atoms with E-state index in [1.807, 2.05) is 0 Å². The molecule has 0 aromatic heterocycles. The lowest BCUT2D eigenvalue weighted by Gasteiger charge is -2.02. The Labute approximate surface area is 96.0 Å². The Kier molecular flexibility index (Phi) is 5.23. The molecule has 0 aliphatic carbocycles. The van der Waals surface area contributed by atoms with E-state index in [0.717, 1.165) is 0 Å². The largest absolute Gasteiger partial charge is 0.0864 e. The fraction of sp³-hybridized carbons (Fsp3) is 0.400. The summed E-state index contributed by atoms with van der Waals surface area (Å²) in [7, 11) is 0. The molecule has 0 unspecified atom stereocenters. The molecule has 0 atom stereocenters.